The molecule has 1 aliphatic heterocycles. The van der Waals surface area contributed by atoms with Crippen LogP contribution in [0.15, 0.2) is 0 Å². The number of ether oxygens (including phenoxy) is 1. The second-order valence-corrected chi connectivity index (χ2v) is 9.30. The average Bonchev–Trinajstić information content (AvgIpc) is 2.86. The fourth-order valence-electron chi connectivity index (χ4n) is 4.00. The summed E-state index contributed by atoms with van der Waals surface area (Å²) < 4.78 is 4.91. The van der Waals surface area contributed by atoms with Crippen molar-refractivity contribution in [3.8, 4) is 0 Å². The smallest absolute Gasteiger partial charge is 0.317 e. The third-order valence-electron chi connectivity index (χ3n) is 6.42. The molecule has 214 valence electrons. The highest BCUT2D eigenvalue weighted by atomic mass is 16.5. The Morgan fingerprint density at radius 3 is 2.03 bits per heavy atom. The van der Waals surface area contributed by atoms with Gasteiger partial charge in [0.05, 0.1) is 19.7 Å². The van der Waals surface area contributed by atoms with Gasteiger partial charge in [0.15, 0.2) is 0 Å². The summed E-state index contributed by atoms with van der Waals surface area (Å²) in [7, 11) is 5.08. The first-order valence-electron chi connectivity index (χ1n) is 13.0. The van der Waals surface area contributed by atoms with Gasteiger partial charge in [-0.3, -0.25) is 29.0 Å². The van der Waals surface area contributed by atoms with E-state index in [0.29, 0.717) is 39.3 Å². The number of carbonyl (C=O) groups excluding carboxylic acids is 3. The largest absolute Gasteiger partial charge is 0.480 e. The van der Waals surface area contributed by atoms with Gasteiger partial charge in [-0.2, -0.15) is 0 Å². The molecule has 13 nitrogen and oxygen atoms in total. The summed E-state index contributed by atoms with van der Waals surface area (Å²) in [6.07, 6.45) is 0.267. The number of aliphatic carboxylic acids is 1. The molecule has 1 atom stereocenters. The van der Waals surface area contributed by atoms with Crippen LogP contribution in [0.2, 0.25) is 0 Å². The number of nitrogens with one attached hydrogen (secondary N) is 3. The van der Waals surface area contributed by atoms with E-state index in [1.807, 2.05) is 16.8 Å². The number of rotatable bonds is 13. The minimum absolute atomic E-state index is 0.0554. The molecule has 1 heterocycles. The summed E-state index contributed by atoms with van der Waals surface area (Å²) in [6.45, 7) is 9.40. The molecule has 0 aromatic heterocycles. The Kier molecular flexibility index (Phi) is 16.7. The lowest BCUT2D eigenvalue weighted by Gasteiger charge is -2.32. The van der Waals surface area contributed by atoms with Gasteiger partial charge in [0.2, 0.25) is 17.7 Å². The third kappa shape index (κ3) is 14.9. The summed E-state index contributed by atoms with van der Waals surface area (Å²) in [5.41, 5.74) is 0. The SMILES string of the molecule is CCN1CCN(C)CCN(CC(=O)O)CCN(CC(=O)N[C@H](CCC(=O)NCCOC)C(=O)NC)CC1. The molecule has 1 rings (SSSR count). The first-order valence-corrected chi connectivity index (χ1v) is 13.0. The van der Waals surface area contributed by atoms with Crippen LogP contribution in [0.1, 0.15) is 19.8 Å². The lowest BCUT2D eigenvalue weighted by atomic mass is 10.1. The zero-order valence-electron chi connectivity index (χ0n) is 23.0. The molecule has 0 unspecified atom stereocenters. The van der Waals surface area contributed by atoms with Crippen LogP contribution >= 0.6 is 0 Å². The Bertz CT molecular complexity index is 711. The standard InChI is InChI=1S/C24H47N7O6/c1-5-29-11-9-28(3)10-12-31(19-23(34)35)16-15-30(14-13-29)18-22(33)27-20(24(36)25-2)6-7-21(32)26-8-17-37-4/h20H,5-19H2,1-4H3,(H,25,36)(H,26,32)(H,27,33)(H,34,35)/t20-/m1/s1. The second-order valence-electron chi connectivity index (χ2n) is 9.30. The lowest BCUT2D eigenvalue weighted by molar-refractivity contribution is -0.138. The molecule has 0 radical (unpaired) electrons. The molecule has 0 aromatic carbocycles. The predicted octanol–water partition coefficient (Wildman–Crippen LogP) is -2.28. The zero-order valence-corrected chi connectivity index (χ0v) is 23.0. The molecule has 0 bridgehead atoms. The van der Waals surface area contributed by atoms with Gasteiger partial charge in [-0.25, -0.2) is 0 Å². The number of nitrogens with zero attached hydrogens (tertiary/aromatic N) is 4. The van der Waals surface area contributed by atoms with Crippen molar-refractivity contribution in [2.45, 2.75) is 25.8 Å². The molecule has 3 amide bonds. The molecule has 0 spiro atoms. The highest BCUT2D eigenvalue weighted by Gasteiger charge is 2.23. The Labute approximate surface area is 220 Å². The minimum atomic E-state index is -0.879. The van der Waals surface area contributed by atoms with Crippen LogP contribution in [0.25, 0.3) is 0 Å². The van der Waals surface area contributed by atoms with E-state index in [0.717, 1.165) is 32.7 Å². The predicted molar refractivity (Wildman–Crippen MR) is 140 cm³/mol. The van der Waals surface area contributed by atoms with Gasteiger partial charge in [-0.15, -0.1) is 0 Å². The number of amides is 3. The minimum Gasteiger partial charge on any atom is -0.480 e. The van der Waals surface area contributed by atoms with Crippen molar-refractivity contribution in [3.63, 3.8) is 0 Å². The lowest BCUT2D eigenvalue weighted by Crippen LogP contribution is -2.51. The van der Waals surface area contributed by atoms with Crippen LogP contribution < -0.4 is 16.0 Å². The average molecular weight is 530 g/mol. The Hall–Kier alpha value is -2.32. The zero-order chi connectivity index (χ0) is 27.6. The molecule has 0 saturated carbocycles. The second kappa shape index (κ2) is 18.9. The summed E-state index contributed by atoms with van der Waals surface area (Å²) in [4.78, 5) is 57.1. The van der Waals surface area contributed by atoms with Crippen LogP contribution in [0.4, 0.5) is 0 Å². The summed E-state index contributed by atoms with van der Waals surface area (Å²) in [5.74, 6) is -1.77. The maximum Gasteiger partial charge on any atom is 0.317 e. The van der Waals surface area contributed by atoms with E-state index in [4.69, 9.17) is 4.74 Å². The maximum absolute atomic E-state index is 12.9. The quantitative estimate of drug-likeness (QED) is 0.192. The van der Waals surface area contributed by atoms with Gasteiger partial charge in [0, 0.05) is 79.5 Å². The number of hydrogen-bond acceptors (Lipinski definition) is 9. The van der Waals surface area contributed by atoms with Crippen LogP contribution in [0, 0.1) is 0 Å². The van der Waals surface area contributed by atoms with Crippen molar-refractivity contribution in [2.75, 3.05) is 106 Å². The molecule has 1 aliphatic rings. The van der Waals surface area contributed by atoms with Gasteiger partial charge in [0.25, 0.3) is 0 Å². The van der Waals surface area contributed by atoms with Gasteiger partial charge < -0.3 is 35.6 Å². The van der Waals surface area contributed by atoms with Gasteiger partial charge >= 0.3 is 5.97 Å². The molecule has 0 aliphatic carbocycles. The van der Waals surface area contributed by atoms with Crippen LogP contribution in [-0.4, -0.2) is 161 Å². The molecule has 4 N–H and O–H groups in total. The van der Waals surface area contributed by atoms with Crippen molar-refractivity contribution in [3.05, 3.63) is 0 Å². The Morgan fingerprint density at radius 1 is 0.892 bits per heavy atom. The normalized spacial score (nSPS) is 18.3. The highest BCUT2D eigenvalue weighted by Crippen LogP contribution is 2.02. The van der Waals surface area contributed by atoms with Crippen molar-refractivity contribution >= 4 is 23.7 Å². The van der Waals surface area contributed by atoms with Crippen LogP contribution in [-0.2, 0) is 23.9 Å². The van der Waals surface area contributed by atoms with Crippen molar-refractivity contribution < 1.29 is 29.0 Å². The van der Waals surface area contributed by atoms with E-state index in [1.54, 1.807) is 7.11 Å². The number of carboxylic acids is 1. The van der Waals surface area contributed by atoms with E-state index < -0.39 is 12.0 Å². The van der Waals surface area contributed by atoms with Crippen LogP contribution in [0.5, 0.6) is 0 Å². The van der Waals surface area contributed by atoms with Crippen molar-refractivity contribution in [2.24, 2.45) is 0 Å². The van der Waals surface area contributed by atoms with Crippen molar-refractivity contribution in [1.29, 1.82) is 0 Å². The topological polar surface area (TPSA) is 147 Å². The fraction of sp³-hybridized carbons (Fsp3) is 0.833. The monoisotopic (exact) mass is 529 g/mol. The Morgan fingerprint density at radius 2 is 1.46 bits per heavy atom. The van der Waals surface area contributed by atoms with Gasteiger partial charge in [0.1, 0.15) is 6.04 Å². The molecule has 1 fully saturated rings. The maximum atomic E-state index is 12.9. The van der Waals surface area contributed by atoms with E-state index in [1.165, 1.54) is 7.05 Å². The molecule has 37 heavy (non-hydrogen) atoms. The van der Waals surface area contributed by atoms with E-state index in [-0.39, 0.29) is 43.7 Å². The highest BCUT2D eigenvalue weighted by molar-refractivity contribution is 5.88. The number of hydrogen-bond donors (Lipinski definition) is 4. The number of likely N-dealkylation sites (N-methyl/N-ethyl adjacent to an activating group) is 3. The molecular formula is C24H47N7O6. The summed E-state index contributed by atoms with van der Waals surface area (Å²) in [5, 5.41) is 17.3. The number of carboxylic acid groups (broad SMARTS) is 1. The van der Waals surface area contributed by atoms with Gasteiger partial charge in [-0.05, 0) is 20.0 Å². The first-order chi connectivity index (χ1) is 17.7. The van der Waals surface area contributed by atoms with E-state index >= 15 is 0 Å². The first kappa shape index (κ1) is 32.7. The molecular weight excluding hydrogens is 482 g/mol. The van der Waals surface area contributed by atoms with E-state index in [2.05, 4.69) is 32.7 Å². The summed E-state index contributed by atoms with van der Waals surface area (Å²) >= 11 is 0. The number of carbonyl (C=O) groups is 4. The molecule has 0 aromatic rings. The summed E-state index contributed by atoms with van der Waals surface area (Å²) in [6, 6.07) is -0.829. The fourth-order valence-corrected chi connectivity index (χ4v) is 4.00. The van der Waals surface area contributed by atoms with E-state index in [9.17, 15) is 24.3 Å². The van der Waals surface area contributed by atoms with Gasteiger partial charge in [-0.1, -0.05) is 6.92 Å². The van der Waals surface area contributed by atoms with Crippen LogP contribution in [0.3, 0.4) is 0 Å². The Balaban J connectivity index is 2.79. The number of methoxy groups -OCH3 is 1. The third-order valence-corrected chi connectivity index (χ3v) is 6.42. The molecule has 13 heteroatoms. The van der Waals surface area contributed by atoms with Crippen molar-refractivity contribution in [1.82, 2.24) is 35.6 Å². The molecule has 1 saturated heterocycles.